The van der Waals surface area contributed by atoms with Crippen LogP contribution in [0.25, 0.3) is 33.5 Å². The summed E-state index contributed by atoms with van der Waals surface area (Å²) < 4.78 is 0. The van der Waals surface area contributed by atoms with Crippen LogP contribution < -0.4 is 10.2 Å². The first kappa shape index (κ1) is 27.2. The van der Waals surface area contributed by atoms with E-state index in [0.717, 1.165) is 102 Å². The largest absolute Gasteiger partial charge is 0.357 e. The molecule has 222 valence electrons. The maximum atomic E-state index is 12.6. The Balaban J connectivity index is 1.10. The van der Waals surface area contributed by atoms with Crippen LogP contribution in [0.5, 0.6) is 0 Å². The van der Waals surface area contributed by atoms with Crippen LogP contribution in [0.2, 0.25) is 0 Å². The molecule has 0 amide bonds. The number of carbonyl (C=O) groups is 1. The number of nitrogens with one attached hydrogen (secondary N) is 2. The minimum absolute atomic E-state index is 0.292. The number of H-pyrrole nitrogens is 1. The van der Waals surface area contributed by atoms with Crippen molar-refractivity contribution in [2.24, 2.45) is 0 Å². The van der Waals surface area contributed by atoms with Crippen molar-refractivity contribution in [1.29, 1.82) is 0 Å². The average Bonchev–Trinajstić information content (AvgIpc) is 3.83. The molecule has 3 aliphatic rings. The molecule has 2 aromatic heterocycles. The van der Waals surface area contributed by atoms with E-state index < -0.39 is 0 Å². The molecule has 7 nitrogen and oxygen atoms in total. The molecule has 2 fully saturated rings. The average molecular weight is 583 g/mol. The molecule has 1 saturated carbocycles. The highest BCUT2D eigenvalue weighted by Gasteiger charge is 2.31. The van der Waals surface area contributed by atoms with E-state index in [2.05, 4.69) is 98.7 Å². The highest BCUT2D eigenvalue weighted by atomic mass is 16.1. The first-order valence-electron chi connectivity index (χ1n) is 16.0. The molecular weight excluding hydrogens is 544 g/mol. The van der Waals surface area contributed by atoms with E-state index in [0.29, 0.717) is 5.92 Å². The molecule has 0 radical (unpaired) electrons. The molecule has 1 unspecified atom stereocenters. The normalized spacial score (nSPS) is 18.8. The van der Waals surface area contributed by atoms with Gasteiger partial charge in [0.25, 0.3) is 0 Å². The zero-order valence-corrected chi connectivity index (χ0v) is 25.2. The molecule has 0 bridgehead atoms. The summed E-state index contributed by atoms with van der Waals surface area (Å²) in [5.41, 5.74) is 12.4. The third-order valence-corrected chi connectivity index (χ3v) is 9.80. The number of hydrogen-bond acceptors (Lipinski definition) is 6. The van der Waals surface area contributed by atoms with Gasteiger partial charge in [0.1, 0.15) is 24.3 Å². The van der Waals surface area contributed by atoms with Crippen LogP contribution in [0, 0.1) is 6.92 Å². The third-order valence-electron chi connectivity index (χ3n) is 9.80. The predicted molar refractivity (Wildman–Crippen MR) is 176 cm³/mol. The number of aromatic nitrogens is 3. The molecular formula is C37H38N6O. The van der Waals surface area contributed by atoms with Crippen molar-refractivity contribution < 1.29 is 4.79 Å². The topological polar surface area (TPSA) is 77.2 Å². The molecule has 1 saturated heterocycles. The Hall–Kier alpha value is -4.33. The van der Waals surface area contributed by atoms with Gasteiger partial charge < -0.3 is 20.0 Å². The fourth-order valence-electron chi connectivity index (χ4n) is 7.18. The number of fused-ring (bicyclic) bond motifs is 2. The Labute approximate surface area is 258 Å². The van der Waals surface area contributed by atoms with Gasteiger partial charge in [-0.25, -0.2) is 9.97 Å². The zero-order chi connectivity index (χ0) is 29.6. The van der Waals surface area contributed by atoms with E-state index >= 15 is 0 Å². The standard InChI is InChI=1S/C37H38N6O/c1-24-30(3-2-4-34(24)43-16-13-29-19-28(26-9-10-26)11-12-31(29)35(43)22-44)36-32-20-33(41-37(32)40-23-39-36)27-7-5-25(6-8-27)21-42-17-14-38-15-18-42/h2-8,11-12,19-20,22-23,26,35,38H,9-10,13-18,21H2,1H3,(H,39,40,41). The molecule has 3 aromatic carbocycles. The lowest BCUT2D eigenvalue weighted by molar-refractivity contribution is -0.109. The molecule has 1 atom stereocenters. The van der Waals surface area contributed by atoms with Gasteiger partial charge in [0.2, 0.25) is 0 Å². The van der Waals surface area contributed by atoms with Crippen molar-refractivity contribution in [2.75, 3.05) is 37.6 Å². The lowest BCUT2D eigenvalue weighted by atomic mass is 9.89. The summed E-state index contributed by atoms with van der Waals surface area (Å²) >= 11 is 0. The number of benzene rings is 3. The quantitative estimate of drug-likeness (QED) is 0.223. The molecule has 2 aliphatic heterocycles. The fraction of sp³-hybridized carbons (Fsp3) is 0.324. The summed E-state index contributed by atoms with van der Waals surface area (Å²) in [7, 11) is 0. The number of carbonyl (C=O) groups excluding carboxylic acids is 1. The molecule has 44 heavy (non-hydrogen) atoms. The van der Waals surface area contributed by atoms with Gasteiger partial charge in [-0.2, -0.15) is 0 Å². The molecule has 8 rings (SSSR count). The first-order chi connectivity index (χ1) is 21.7. The van der Waals surface area contributed by atoms with Gasteiger partial charge in [-0.3, -0.25) is 4.90 Å². The number of aromatic amines is 1. The Morgan fingerprint density at radius 1 is 0.955 bits per heavy atom. The number of aldehydes is 1. The highest BCUT2D eigenvalue weighted by molar-refractivity contribution is 5.95. The molecule has 2 N–H and O–H groups in total. The van der Waals surface area contributed by atoms with E-state index in [1.807, 2.05) is 0 Å². The second-order valence-electron chi connectivity index (χ2n) is 12.6. The van der Waals surface area contributed by atoms with Gasteiger partial charge in [-0.15, -0.1) is 0 Å². The molecule has 0 spiro atoms. The highest BCUT2D eigenvalue weighted by Crippen LogP contribution is 2.43. The van der Waals surface area contributed by atoms with Crippen LogP contribution in [0.15, 0.2) is 73.1 Å². The van der Waals surface area contributed by atoms with Crippen molar-refractivity contribution in [3.8, 4) is 22.5 Å². The van der Waals surface area contributed by atoms with Crippen molar-refractivity contribution >= 4 is 23.0 Å². The number of rotatable bonds is 7. The lowest BCUT2D eigenvalue weighted by Gasteiger charge is -2.37. The van der Waals surface area contributed by atoms with Crippen molar-refractivity contribution in [1.82, 2.24) is 25.2 Å². The van der Waals surface area contributed by atoms with E-state index in [-0.39, 0.29) is 6.04 Å². The summed E-state index contributed by atoms with van der Waals surface area (Å²) in [6, 6.07) is 23.9. The fourth-order valence-corrected chi connectivity index (χ4v) is 7.18. The zero-order valence-electron chi connectivity index (χ0n) is 25.2. The van der Waals surface area contributed by atoms with Gasteiger partial charge in [0.05, 0.1) is 5.69 Å². The molecule has 1 aliphatic carbocycles. The van der Waals surface area contributed by atoms with Gasteiger partial charge in [0, 0.05) is 61.6 Å². The lowest BCUT2D eigenvalue weighted by Crippen LogP contribution is -2.42. The monoisotopic (exact) mass is 582 g/mol. The van der Waals surface area contributed by atoms with Crippen molar-refractivity contribution in [3.05, 3.63) is 101 Å². The second kappa shape index (κ2) is 11.3. The van der Waals surface area contributed by atoms with Crippen LogP contribution >= 0.6 is 0 Å². The molecule has 4 heterocycles. The maximum absolute atomic E-state index is 12.6. The Morgan fingerprint density at radius 2 is 1.80 bits per heavy atom. The Morgan fingerprint density at radius 3 is 2.59 bits per heavy atom. The van der Waals surface area contributed by atoms with Crippen LogP contribution in [0.4, 0.5) is 5.69 Å². The SMILES string of the molecule is Cc1c(-c2ncnc3[nH]c(-c4ccc(CN5CCNCC5)cc4)cc23)cccc1N1CCc2cc(C3CC3)ccc2C1C=O. The maximum Gasteiger partial charge on any atom is 0.146 e. The van der Waals surface area contributed by atoms with Crippen LogP contribution in [-0.2, 0) is 17.8 Å². The second-order valence-corrected chi connectivity index (χ2v) is 12.6. The summed E-state index contributed by atoms with van der Waals surface area (Å²) in [4.78, 5) is 30.2. The van der Waals surface area contributed by atoms with Gasteiger partial charge >= 0.3 is 0 Å². The summed E-state index contributed by atoms with van der Waals surface area (Å²) in [6.45, 7) is 8.24. The number of nitrogens with zero attached hydrogens (tertiary/aromatic N) is 4. The molecule has 7 heteroatoms. The Kier molecular flexibility index (Phi) is 7.00. The summed E-state index contributed by atoms with van der Waals surface area (Å²) in [5, 5.41) is 4.42. The Bertz CT molecular complexity index is 1830. The summed E-state index contributed by atoms with van der Waals surface area (Å²) in [6.07, 6.45) is 6.27. The van der Waals surface area contributed by atoms with Crippen molar-refractivity contribution in [2.45, 2.75) is 44.7 Å². The van der Waals surface area contributed by atoms with E-state index in [1.54, 1.807) is 6.33 Å². The minimum atomic E-state index is -0.292. The number of hydrogen-bond donors (Lipinski definition) is 2. The number of piperazine rings is 1. The van der Waals surface area contributed by atoms with E-state index in [9.17, 15) is 4.79 Å². The van der Waals surface area contributed by atoms with Crippen LogP contribution in [0.1, 0.15) is 52.6 Å². The first-order valence-corrected chi connectivity index (χ1v) is 16.0. The van der Waals surface area contributed by atoms with Gasteiger partial charge in [-0.05, 0) is 77.6 Å². The third kappa shape index (κ3) is 5.00. The smallest absolute Gasteiger partial charge is 0.146 e. The van der Waals surface area contributed by atoms with Crippen LogP contribution in [-0.4, -0.2) is 58.9 Å². The van der Waals surface area contributed by atoms with Crippen molar-refractivity contribution in [3.63, 3.8) is 0 Å². The summed E-state index contributed by atoms with van der Waals surface area (Å²) in [5.74, 6) is 0.715. The number of anilines is 1. The van der Waals surface area contributed by atoms with Gasteiger partial charge in [0.15, 0.2) is 0 Å². The predicted octanol–water partition coefficient (Wildman–Crippen LogP) is 6.19. The minimum Gasteiger partial charge on any atom is -0.357 e. The van der Waals surface area contributed by atoms with Crippen LogP contribution in [0.3, 0.4) is 0 Å². The molecule has 5 aromatic rings. The van der Waals surface area contributed by atoms with E-state index in [4.69, 9.17) is 4.98 Å². The van der Waals surface area contributed by atoms with E-state index in [1.165, 1.54) is 29.5 Å². The van der Waals surface area contributed by atoms with Gasteiger partial charge in [-0.1, -0.05) is 54.6 Å².